The van der Waals surface area contributed by atoms with E-state index < -0.39 is 0 Å². The summed E-state index contributed by atoms with van der Waals surface area (Å²) >= 11 is 5.77. The number of nitrogens with zero attached hydrogens (tertiary/aromatic N) is 1. The van der Waals surface area contributed by atoms with E-state index in [1.807, 2.05) is 24.3 Å². The zero-order valence-electron chi connectivity index (χ0n) is 6.32. The van der Waals surface area contributed by atoms with Gasteiger partial charge in [-0.2, -0.15) is 0 Å². The highest BCUT2D eigenvalue weighted by molar-refractivity contribution is 7.90. The van der Waals surface area contributed by atoms with Gasteiger partial charge in [-0.25, -0.2) is 4.98 Å². The third-order valence-corrected chi connectivity index (χ3v) is 3.00. The lowest BCUT2D eigenvalue weighted by atomic mass is 10.3. The van der Waals surface area contributed by atoms with Crippen molar-refractivity contribution in [3.8, 4) is 0 Å². The highest BCUT2D eigenvalue weighted by Gasteiger charge is 2.02. The van der Waals surface area contributed by atoms with Crippen molar-refractivity contribution in [1.82, 2.24) is 4.98 Å². The molecule has 1 aromatic carbocycles. The second-order valence-corrected chi connectivity index (χ2v) is 4.00. The molecular formula is C9H7NS2. The highest BCUT2D eigenvalue weighted by atomic mass is 32.1. The zero-order valence-corrected chi connectivity index (χ0v) is 8.03. The second-order valence-electron chi connectivity index (χ2n) is 2.43. The summed E-state index contributed by atoms with van der Waals surface area (Å²) in [6.45, 7) is 3.73. The van der Waals surface area contributed by atoms with Gasteiger partial charge in [-0.05, 0) is 12.1 Å². The van der Waals surface area contributed by atoms with Gasteiger partial charge in [0.25, 0.3) is 0 Å². The first kappa shape index (κ1) is 7.83. The van der Waals surface area contributed by atoms with Crippen LogP contribution in [0.25, 0.3) is 15.1 Å². The molecule has 0 spiro atoms. The number of aromatic nitrogens is 1. The average Bonchev–Trinajstić information content (AvgIpc) is 2.46. The molecule has 3 heteroatoms. The van der Waals surface area contributed by atoms with Crippen LogP contribution in [0.15, 0.2) is 30.8 Å². The molecular weight excluding hydrogens is 186 g/mol. The van der Waals surface area contributed by atoms with Crippen molar-refractivity contribution in [2.24, 2.45) is 0 Å². The van der Waals surface area contributed by atoms with Crippen molar-refractivity contribution < 1.29 is 0 Å². The van der Waals surface area contributed by atoms with Crippen LogP contribution in [0.5, 0.6) is 0 Å². The minimum Gasteiger partial charge on any atom is -0.236 e. The van der Waals surface area contributed by atoms with E-state index in [9.17, 15) is 0 Å². The van der Waals surface area contributed by atoms with Gasteiger partial charge in [0.2, 0.25) is 0 Å². The van der Waals surface area contributed by atoms with E-state index in [1.54, 1.807) is 11.3 Å². The molecule has 0 N–H and O–H groups in total. The van der Waals surface area contributed by atoms with Gasteiger partial charge in [0.1, 0.15) is 5.01 Å². The number of hydrogen-bond donors (Lipinski definition) is 1. The molecule has 1 heterocycles. The Hall–Kier alpha value is -0.800. The van der Waals surface area contributed by atoms with E-state index in [0.29, 0.717) is 0 Å². The van der Waals surface area contributed by atoms with Gasteiger partial charge < -0.3 is 0 Å². The van der Waals surface area contributed by atoms with Gasteiger partial charge in [-0.1, -0.05) is 18.7 Å². The third-order valence-electron chi connectivity index (χ3n) is 1.54. The highest BCUT2D eigenvalue weighted by Crippen LogP contribution is 2.27. The van der Waals surface area contributed by atoms with Crippen molar-refractivity contribution in [2.75, 3.05) is 0 Å². The third kappa shape index (κ3) is 1.26. The van der Waals surface area contributed by atoms with E-state index in [2.05, 4.69) is 24.2 Å². The molecule has 0 aliphatic heterocycles. The Balaban J connectivity index is 2.70. The monoisotopic (exact) mass is 193 g/mol. The van der Waals surface area contributed by atoms with Crippen LogP contribution >= 0.6 is 24.0 Å². The zero-order chi connectivity index (χ0) is 8.55. The molecule has 0 saturated heterocycles. The molecule has 0 unspecified atom stereocenters. The predicted molar refractivity (Wildman–Crippen MR) is 57.6 cm³/mol. The summed E-state index contributed by atoms with van der Waals surface area (Å²) in [6.07, 6.45) is 0. The number of benzene rings is 1. The number of thiol groups is 1. The second kappa shape index (κ2) is 2.92. The van der Waals surface area contributed by atoms with Crippen LogP contribution in [0, 0.1) is 0 Å². The molecule has 2 rings (SSSR count). The van der Waals surface area contributed by atoms with E-state index in [1.165, 1.54) is 4.70 Å². The van der Waals surface area contributed by atoms with Crippen LogP contribution < -0.4 is 0 Å². The van der Waals surface area contributed by atoms with Gasteiger partial charge >= 0.3 is 0 Å². The molecule has 1 aromatic heterocycles. The van der Waals surface area contributed by atoms with Gasteiger partial charge in [0.15, 0.2) is 0 Å². The van der Waals surface area contributed by atoms with E-state index in [-0.39, 0.29) is 0 Å². The van der Waals surface area contributed by atoms with Crippen LogP contribution in [0.1, 0.15) is 5.01 Å². The molecule has 0 bridgehead atoms. The standard InChI is InChI=1S/C9H7NS2/c1-6(11)9-10-7-4-2-3-5-8(7)12-9/h2-5,11H,1H2. The number of thiazole rings is 1. The van der Waals surface area contributed by atoms with Crippen LogP contribution in [-0.2, 0) is 0 Å². The minimum atomic E-state index is 0.733. The maximum absolute atomic E-state index is 4.35. The van der Waals surface area contributed by atoms with E-state index in [4.69, 9.17) is 0 Å². The van der Waals surface area contributed by atoms with Crippen LogP contribution in [0.4, 0.5) is 0 Å². The fourth-order valence-corrected chi connectivity index (χ4v) is 2.02. The molecule has 0 fully saturated rings. The first-order chi connectivity index (χ1) is 5.77. The lowest BCUT2D eigenvalue weighted by Gasteiger charge is -1.84. The maximum Gasteiger partial charge on any atom is 0.130 e. The molecule has 12 heavy (non-hydrogen) atoms. The van der Waals surface area contributed by atoms with Crippen molar-refractivity contribution >= 4 is 39.1 Å². The van der Waals surface area contributed by atoms with Gasteiger partial charge in [-0.15, -0.1) is 24.0 Å². The average molecular weight is 193 g/mol. The first-order valence-electron chi connectivity index (χ1n) is 3.51. The van der Waals surface area contributed by atoms with Gasteiger partial charge in [0, 0.05) is 4.91 Å². The fourth-order valence-electron chi connectivity index (χ4n) is 0.996. The Morgan fingerprint density at radius 3 is 2.83 bits per heavy atom. The summed E-state index contributed by atoms with van der Waals surface area (Å²) in [5, 5.41) is 0.902. The molecule has 0 amide bonds. The van der Waals surface area contributed by atoms with Crippen LogP contribution in [-0.4, -0.2) is 4.98 Å². The first-order valence-corrected chi connectivity index (χ1v) is 4.77. The molecule has 1 nitrogen and oxygen atoms in total. The van der Waals surface area contributed by atoms with Crippen LogP contribution in [0.3, 0.4) is 0 Å². The van der Waals surface area contributed by atoms with Crippen molar-refractivity contribution in [3.05, 3.63) is 35.9 Å². The lowest BCUT2D eigenvalue weighted by Crippen LogP contribution is -1.70. The molecule has 0 radical (unpaired) electrons. The van der Waals surface area contributed by atoms with E-state index in [0.717, 1.165) is 15.4 Å². The Kier molecular flexibility index (Phi) is 1.90. The molecule has 0 atom stereocenters. The largest absolute Gasteiger partial charge is 0.236 e. The van der Waals surface area contributed by atoms with Crippen LogP contribution in [0.2, 0.25) is 0 Å². The molecule has 60 valence electrons. The Labute approximate surface area is 80.2 Å². The Bertz CT molecular complexity index is 398. The topological polar surface area (TPSA) is 12.9 Å². The summed E-state index contributed by atoms with van der Waals surface area (Å²) < 4.78 is 1.18. The van der Waals surface area contributed by atoms with Crippen molar-refractivity contribution in [2.45, 2.75) is 0 Å². The number of para-hydroxylation sites is 1. The summed E-state index contributed by atoms with van der Waals surface area (Å²) in [5.74, 6) is 0. The molecule has 2 aromatic rings. The van der Waals surface area contributed by atoms with E-state index >= 15 is 0 Å². The minimum absolute atomic E-state index is 0.733. The quantitative estimate of drug-likeness (QED) is 0.686. The smallest absolute Gasteiger partial charge is 0.130 e. The summed E-state index contributed by atoms with van der Waals surface area (Å²) in [7, 11) is 0. The summed E-state index contributed by atoms with van der Waals surface area (Å²) in [6, 6.07) is 8.03. The summed E-state index contributed by atoms with van der Waals surface area (Å²) in [4.78, 5) is 5.09. The van der Waals surface area contributed by atoms with Crippen molar-refractivity contribution in [1.29, 1.82) is 0 Å². The number of hydrogen-bond acceptors (Lipinski definition) is 3. The molecule has 0 saturated carbocycles. The summed E-state index contributed by atoms with van der Waals surface area (Å²) in [5.41, 5.74) is 1.02. The normalized spacial score (nSPS) is 10.4. The SMILES string of the molecule is C=C(S)c1nc2ccccc2s1. The predicted octanol–water partition coefficient (Wildman–Crippen LogP) is 3.20. The fraction of sp³-hybridized carbons (Fsp3) is 0. The van der Waals surface area contributed by atoms with Crippen molar-refractivity contribution in [3.63, 3.8) is 0 Å². The van der Waals surface area contributed by atoms with Gasteiger partial charge in [0.05, 0.1) is 10.2 Å². The molecule has 0 aliphatic carbocycles. The molecule has 0 aliphatic rings. The Morgan fingerprint density at radius 1 is 1.42 bits per heavy atom. The maximum atomic E-state index is 4.35. The van der Waals surface area contributed by atoms with Gasteiger partial charge in [-0.3, -0.25) is 0 Å². The Morgan fingerprint density at radius 2 is 2.17 bits per heavy atom. The number of fused-ring (bicyclic) bond motifs is 1. The lowest BCUT2D eigenvalue weighted by molar-refractivity contribution is 1.46. The number of rotatable bonds is 1.